The zero-order chi connectivity index (χ0) is 33.7. The van der Waals surface area contributed by atoms with Crippen molar-refractivity contribution in [1.82, 2.24) is 9.13 Å². The smallest absolute Gasteiger partial charge is 0.123 e. The van der Waals surface area contributed by atoms with Crippen LogP contribution in [0.15, 0.2) is 77.9 Å². The molecular formula is C36H34F4N6O2. The lowest BCUT2D eigenvalue weighted by Crippen LogP contribution is -2.44. The van der Waals surface area contributed by atoms with Crippen LogP contribution < -0.4 is 5.73 Å². The molecule has 48 heavy (non-hydrogen) atoms. The first-order valence-corrected chi connectivity index (χ1v) is 16.1. The van der Waals surface area contributed by atoms with Gasteiger partial charge in [0.05, 0.1) is 30.3 Å². The number of aromatic nitrogens is 2. The van der Waals surface area contributed by atoms with Gasteiger partial charge in [-0.05, 0) is 110 Å². The van der Waals surface area contributed by atoms with Gasteiger partial charge in [0.1, 0.15) is 23.3 Å². The second kappa shape index (κ2) is 12.8. The molecule has 0 saturated heterocycles. The second-order valence-corrected chi connectivity index (χ2v) is 12.8. The molecule has 0 aliphatic heterocycles. The average Bonchev–Trinajstić information content (AvgIpc) is 3.55. The van der Waals surface area contributed by atoms with E-state index in [1.165, 1.54) is 48.5 Å². The molecule has 2 aliphatic carbocycles. The van der Waals surface area contributed by atoms with Crippen LogP contribution in [0.25, 0.3) is 54.1 Å². The number of aliphatic hydroxyl groups is 2. The predicted octanol–water partition coefficient (Wildman–Crippen LogP) is 8.32. The molecule has 12 heteroatoms. The molecule has 0 unspecified atom stereocenters. The van der Waals surface area contributed by atoms with E-state index < -0.39 is 29.9 Å². The SMILES string of the molecule is N[C@H]1CCC[C@@H](n2c3ccc(F)cc3c3cc(F)ccc32)[C@@H]1O.[N-]=[N+]=N[C@H]1CCC[C@@H](n2c3ccc(F)cc3c3cc(F)ccc32)[C@@H]1O. The van der Waals surface area contributed by atoms with E-state index in [-0.39, 0.29) is 29.8 Å². The van der Waals surface area contributed by atoms with Crippen molar-refractivity contribution in [2.24, 2.45) is 10.8 Å². The third-order valence-electron chi connectivity index (χ3n) is 9.97. The van der Waals surface area contributed by atoms with E-state index in [0.717, 1.165) is 47.8 Å². The minimum Gasteiger partial charge on any atom is -0.391 e. The van der Waals surface area contributed by atoms with Crippen LogP contribution in [0, 0.1) is 23.3 Å². The van der Waals surface area contributed by atoms with E-state index in [4.69, 9.17) is 11.3 Å². The standard InChI is InChI=1S/C18H16F2N4O.C18H18F2N2O/c19-10-4-6-15-12(8-10)13-9-11(20)5-7-16(13)24(15)17-3-1-2-14(18(17)25)22-23-21;19-10-4-6-15-12(8-10)13-9-11(20)5-7-16(13)22(15)17-3-1-2-14(21)18(17)23/h4-9,14,17-18,25H,1-3H2;4-9,14,17-18,23H,1-3,21H2/t2*14-,17+,18+/m00/s1. The third-order valence-corrected chi connectivity index (χ3v) is 9.97. The fourth-order valence-corrected chi connectivity index (χ4v) is 7.79. The number of halogens is 4. The van der Waals surface area contributed by atoms with Gasteiger partial charge in [-0.1, -0.05) is 11.5 Å². The number of nitrogens with zero attached hydrogens (tertiary/aromatic N) is 5. The first-order chi connectivity index (χ1) is 23.2. The van der Waals surface area contributed by atoms with Gasteiger partial charge in [0.25, 0.3) is 0 Å². The molecule has 8 nitrogen and oxygen atoms in total. The van der Waals surface area contributed by atoms with Crippen molar-refractivity contribution in [2.45, 2.75) is 74.9 Å². The Morgan fingerprint density at radius 1 is 0.604 bits per heavy atom. The van der Waals surface area contributed by atoms with Crippen LogP contribution in [0.5, 0.6) is 0 Å². The highest BCUT2D eigenvalue weighted by molar-refractivity contribution is 6.09. The highest BCUT2D eigenvalue weighted by Crippen LogP contribution is 2.40. The number of rotatable bonds is 3. The number of benzene rings is 4. The number of hydrogen-bond donors (Lipinski definition) is 3. The van der Waals surface area contributed by atoms with Crippen LogP contribution >= 0.6 is 0 Å². The molecular weight excluding hydrogens is 624 g/mol. The fraction of sp³-hybridized carbons (Fsp3) is 0.333. The maximum atomic E-state index is 13.7. The van der Waals surface area contributed by atoms with Gasteiger partial charge in [-0.2, -0.15) is 0 Å². The molecule has 2 fully saturated rings. The van der Waals surface area contributed by atoms with Gasteiger partial charge in [-0.3, -0.25) is 0 Å². The van der Waals surface area contributed by atoms with Crippen molar-refractivity contribution >= 4 is 43.6 Å². The van der Waals surface area contributed by atoms with E-state index in [2.05, 4.69) is 10.0 Å². The Bertz CT molecular complexity index is 2090. The van der Waals surface area contributed by atoms with Crippen LogP contribution in [0.3, 0.4) is 0 Å². The van der Waals surface area contributed by atoms with E-state index >= 15 is 0 Å². The number of aliphatic hydroxyl groups excluding tert-OH is 2. The van der Waals surface area contributed by atoms with Crippen molar-refractivity contribution in [3.8, 4) is 0 Å². The van der Waals surface area contributed by atoms with Gasteiger partial charge in [-0.25, -0.2) is 17.6 Å². The van der Waals surface area contributed by atoms with Crippen LogP contribution in [-0.4, -0.2) is 43.6 Å². The summed E-state index contributed by atoms with van der Waals surface area (Å²) in [5.74, 6) is -1.51. The lowest BCUT2D eigenvalue weighted by molar-refractivity contribution is 0.0606. The molecule has 4 aromatic carbocycles. The van der Waals surface area contributed by atoms with Crippen LogP contribution in [0.1, 0.15) is 50.6 Å². The molecule has 8 rings (SSSR count). The number of nitrogens with two attached hydrogens (primary N) is 1. The molecule has 0 amide bonds. The van der Waals surface area contributed by atoms with Crippen LogP contribution in [-0.2, 0) is 0 Å². The van der Waals surface area contributed by atoms with Crippen molar-refractivity contribution in [2.75, 3.05) is 0 Å². The molecule has 6 atom stereocenters. The molecule has 4 N–H and O–H groups in total. The van der Waals surface area contributed by atoms with E-state index in [1.54, 1.807) is 24.3 Å². The lowest BCUT2D eigenvalue weighted by Gasteiger charge is -2.34. The van der Waals surface area contributed by atoms with Gasteiger partial charge in [0, 0.05) is 54.6 Å². The van der Waals surface area contributed by atoms with Gasteiger partial charge >= 0.3 is 0 Å². The zero-order valence-corrected chi connectivity index (χ0v) is 25.9. The van der Waals surface area contributed by atoms with E-state index in [0.29, 0.717) is 34.4 Å². The summed E-state index contributed by atoms with van der Waals surface area (Å²) in [4.78, 5) is 2.83. The second-order valence-electron chi connectivity index (χ2n) is 12.8. The molecule has 2 saturated carbocycles. The Balaban J connectivity index is 0.000000152. The molecule has 2 aromatic heterocycles. The molecule has 0 radical (unpaired) electrons. The number of fused-ring (bicyclic) bond motifs is 6. The number of azide groups is 1. The fourth-order valence-electron chi connectivity index (χ4n) is 7.79. The van der Waals surface area contributed by atoms with Gasteiger partial charge < -0.3 is 25.1 Å². The Morgan fingerprint density at radius 2 is 0.979 bits per heavy atom. The minimum absolute atomic E-state index is 0.185. The van der Waals surface area contributed by atoms with Crippen LogP contribution in [0.2, 0.25) is 0 Å². The Labute approximate surface area is 272 Å². The van der Waals surface area contributed by atoms with Gasteiger partial charge in [0.2, 0.25) is 0 Å². The number of hydrogen-bond acceptors (Lipinski definition) is 4. The first-order valence-electron chi connectivity index (χ1n) is 16.1. The maximum Gasteiger partial charge on any atom is 0.123 e. The summed E-state index contributed by atoms with van der Waals surface area (Å²) < 4.78 is 58.8. The van der Waals surface area contributed by atoms with Gasteiger partial charge in [-0.15, -0.1) is 0 Å². The predicted molar refractivity (Wildman–Crippen MR) is 177 cm³/mol. The van der Waals surface area contributed by atoms with Crippen molar-refractivity contribution < 1.29 is 27.8 Å². The Kier molecular flexibility index (Phi) is 8.51. The summed E-state index contributed by atoms with van der Waals surface area (Å²) in [6.45, 7) is 0. The topological polar surface area (TPSA) is 125 Å². The Hall–Kier alpha value is -4.61. The van der Waals surface area contributed by atoms with Crippen LogP contribution in [0.4, 0.5) is 17.6 Å². The average molecular weight is 659 g/mol. The lowest BCUT2D eigenvalue weighted by atomic mass is 9.88. The Morgan fingerprint density at radius 3 is 1.38 bits per heavy atom. The van der Waals surface area contributed by atoms with E-state index in [9.17, 15) is 27.8 Å². The third kappa shape index (κ3) is 5.54. The molecule has 0 bridgehead atoms. The molecule has 6 aromatic rings. The summed E-state index contributed by atoms with van der Waals surface area (Å²) in [6.07, 6.45) is 3.12. The minimum atomic E-state index is -0.849. The normalized spacial score (nSPS) is 24.5. The molecule has 2 heterocycles. The van der Waals surface area contributed by atoms with Gasteiger partial charge in [0.15, 0.2) is 0 Å². The largest absolute Gasteiger partial charge is 0.391 e. The highest BCUT2D eigenvalue weighted by atomic mass is 19.1. The van der Waals surface area contributed by atoms with E-state index in [1.807, 2.05) is 9.13 Å². The quantitative estimate of drug-likeness (QED) is 0.0766. The molecule has 2 aliphatic rings. The first kappa shape index (κ1) is 32.0. The molecule has 0 spiro atoms. The summed E-state index contributed by atoms with van der Waals surface area (Å²) in [7, 11) is 0. The summed E-state index contributed by atoms with van der Waals surface area (Å²) in [5, 5.41) is 27.5. The molecule has 248 valence electrons. The summed E-state index contributed by atoms with van der Waals surface area (Å²) in [6, 6.07) is 16.5. The summed E-state index contributed by atoms with van der Waals surface area (Å²) in [5.41, 5.74) is 17.8. The van der Waals surface area contributed by atoms with Crippen molar-refractivity contribution in [3.63, 3.8) is 0 Å². The van der Waals surface area contributed by atoms with Crippen molar-refractivity contribution in [1.29, 1.82) is 0 Å². The zero-order valence-electron chi connectivity index (χ0n) is 25.9. The highest BCUT2D eigenvalue weighted by Gasteiger charge is 2.35. The maximum absolute atomic E-state index is 13.7. The van der Waals surface area contributed by atoms with Crippen molar-refractivity contribution in [3.05, 3.63) is 107 Å². The monoisotopic (exact) mass is 658 g/mol. The summed E-state index contributed by atoms with van der Waals surface area (Å²) >= 11 is 0.